The zero-order valence-electron chi connectivity index (χ0n) is 11.4. The summed E-state index contributed by atoms with van der Waals surface area (Å²) in [6.07, 6.45) is 0.602. The highest BCUT2D eigenvalue weighted by molar-refractivity contribution is 6.32. The molecule has 2 rings (SSSR count). The van der Waals surface area contributed by atoms with E-state index in [9.17, 15) is 4.79 Å². The lowest BCUT2D eigenvalue weighted by Gasteiger charge is -2.14. The first-order valence-corrected chi connectivity index (χ1v) is 6.84. The van der Waals surface area contributed by atoms with Crippen molar-refractivity contribution >= 4 is 34.4 Å². The highest BCUT2D eigenvalue weighted by atomic mass is 35.5. The fourth-order valence-electron chi connectivity index (χ4n) is 1.88. The van der Waals surface area contributed by atoms with Crippen molar-refractivity contribution in [2.75, 3.05) is 5.32 Å². The Hall–Kier alpha value is -1.72. The topological polar surface area (TPSA) is 80.9 Å². The normalized spacial score (nSPS) is 12.7. The monoisotopic (exact) mass is 292 g/mol. The first-order chi connectivity index (χ1) is 9.47. The van der Waals surface area contributed by atoms with Crippen LogP contribution in [0.4, 0.5) is 5.82 Å². The molecule has 1 aromatic carbocycles. The number of hydrogen-bond acceptors (Lipinski definition) is 4. The summed E-state index contributed by atoms with van der Waals surface area (Å²) in [6.45, 7) is 4.02. The van der Waals surface area contributed by atoms with Gasteiger partial charge in [-0.2, -0.15) is 0 Å². The summed E-state index contributed by atoms with van der Waals surface area (Å²) in [4.78, 5) is 20.5. The average molecular weight is 293 g/mol. The molecule has 0 spiro atoms. The Kier molecular flexibility index (Phi) is 4.52. The van der Waals surface area contributed by atoms with Crippen LogP contribution < -0.4 is 11.1 Å². The maximum absolute atomic E-state index is 12.0. The fraction of sp³-hybridized carbons (Fsp3) is 0.357. The molecule has 0 radical (unpaired) electrons. The van der Waals surface area contributed by atoms with Gasteiger partial charge in [0.2, 0.25) is 5.91 Å². The molecule has 0 aliphatic heterocycles. The molecule has 0 saturated heterocycles. The number of nitrogens with two attached hydrogens (primary N) is 1. The van der Waals surface area contributed by atoms with E-state index in [2.05, 4.69) is 15.3 Å². The highest BCUT2D eigenvalue weighted by Gasteiger charge is 2.17. The van der Waals surface area contributed by atoms with E-state index in [0.29, 0.717) is 23.4 Å². The van der Waals surface area contributed by atoms with Crippen molar-refractivity contribution in [1.82, 2.24) is 9.97 Å². The van der Waals surface area contributed by atoms with Crippen molar-refractivity contribution in [3.8, 4) is 0 Å². The van der Waals surface area contributed by atoms with Gasteiger partial charge in [0.1, 0.15) is 0 Å². The largest absolute Gasteiger partial charge is 0.320 e. The first kappa shape index (κ1) is 14.7. The van der Waals surface area contributed by atoms with Crippen LogP contribution in [0.15, 0.2) is 24.3 Å². The Labute approximate surface area is 122 Å². The summed E-state index contributed by atoms with van der Waals surface area (Å²) < 4.78 is 0. The number of rotatable bonds is 4. The van der Waals surface area contributed by atoms with Gasteiger partial charge < -0.3 is 11.1 Å². The number of halogens is 1. The van der Waals surface area contributed by atoms with Gasteiger partial charge >= 0.3 is 0 Å². The minimum absolute atomic E-state index is 0.161. The molecule has 106 valence electrons. The lowest BCUT2D eigenvalue weighted by Crippen LogP contribution is -2.37. The lowest BCUT2D eigenvalue weighted by molar-refractivity contribution is -0.117. The van der Waals surface area contributed by atoms with Gasteiger partial charge in [-0.15, -0.1) is 0 Å². The van der Waals surface area contributed by atoms with Crippen LogP contribution in [0.25, 0.3) is 11.0 Å². The third-order valence-electron chi connectivity index (χ3n) is 2.83. The van der Waals surface area contributed by atoms with E-state index in [4.69, 9.17) is 17.3 Å². The highest BCUT2D eigenvalue weighted by Crippen LogP contribution is 2.21. The van der Waals surface area contributed by atoms with Gasteiger partial charge in [-0.25, -0.2) is 9.97 Å². The Balaban J connectivity index is 2.21. The quantitative estimate of drug-likeness (QED) is 0.907. The van der Waals surface area contributed by atoms with E-state index in [1.807, 2.05) is 38.1 Å². The van der Waals surface area contributed by atoms with Crippen molar-refractivity contribution in [2.45, 2.75) is 26.3 Å². The second-order valence-electron chi connectivity index (χ2n) is 5.08. The van der Waals surface area contributed by atoms with Crippen molar-refractivity contribution in [3.63, 3.8) is 0 Å². The van der Waals surface area contributed by atoms with Crippen molar-refractivity contribution < 1.29 is 4.79 Å². The molecule has 6 heteroatoms. The maximum Gasteiger partial charge on any atom is 0.242 e. The van der Waals surface area contributed by atoms with Crippen molar-refractivity contribution in [1.29, 1.82) is 0 Å². The second kappa shape index (κ2) is 6.15. The maximum atomic E-state index is 12.0. The fourth-order valence-corrected chi connectivity index (χ4v) is 2.06. The Bertz CT molecular complexity index is 630. The molecule has 0 bridgehead atoms. The Morgan fingerprint density at radius 1 is 1.30 bits per heavy atom. The summed E-state index contributed by atoms with van der Waals surface area (Å²) in [6, 6.07) is 6.73. The molecule has 1 aromatic heterocycles. The van der Waals surface area contributed by atoms with Gasteiger partial charge in [0.25, 0.3) is 0 Å². The Morgan fingerprint density at radius 2 is 1.90 bits per heavy atom. The molecule has 1 heterocycles. The van der Waals surface area contributed by atoms with Gasteiger partial charge in [-0.1, -0.05) is 37.6 Å². The third kappa shape index (κ3) is 3.43. The molecule has 0 aliphatic rings. The SMILES string of the molecule is CC(C)CC(N)C(=O)Nc1nc2ccccc2nc1Cl. The molecule has 2 aromatic rings. The van der Waals surface area contributed by atoms with Gasteiger partial charge in [0.15, 0.2) is 11.0 Å². The van der Waals surface area contributed by atoms with Crippen LogP contribution in [-0.2, 0) is 4.79 Å². The average Bonchev–Trinajstić information content (AvgIpc) is 2.38. The molecule has 0 fully saturated rings. The number of carbonyl (C=O) groups is 1. The van der Waals surface area contributed by atoms with Crippen LogP contribution >= 0.6 is 11.6 Å². The number of hydrogen-bond donors (Lipinski definition) is 2. The summed E-state index contributed by atoms with van der Waals surface area (Å²) >= 11 is 6.03. The minimum Gasteiger partial charge on any atom is -0.320 e. The van der Waals surface area contributed by atoms with E-state index in [1.165, 1.54) is 0 Å². The molecule has 0 saturated carbocycles. The minimum atomic E-state index is -0.584. The van der Waals surface area contributed by atoms with Gasteiger partial charge in [0, 0.05) is 0 Å². The zero-order chi connectivity index (χ0) is 14.7. The summed E-state index contributed by atoms with van der Waals surface area (Å²) in [5.41, 5.74) is 7.18. The molecule has 20 heavy (non-hydrogen) atoms. The molecule has 5 nitrogen and oxygen atoms in total. The van der Waals surface area contributed by atoms with Gasteiger partial charge in [-0.3, -0.25) is 4.79 Å². The second-order valence-corrected chi connectivity index (χ2v) is 5.44. The number of benzene rings is 1. The van der Waals surface area contributed by atoms with Crippen LogP contribution in [-0.4, -0.2) is 21.9 Å². The predicted molar refractivity (Wildman–Crippen MR) is 80.6 cm³/mol. The number of carbonyl (C=O) groups excluding carboxylic acids is 1. The zero-order valence-corrected chi connectivity index (χ0v) is 12.2. The van der Waals surface area contributed by atoms with E-state index in [0.717, 1.165) is 0 Å². The smallest absolute Gasteiger partial charge is 0.242 e. The first-order valence-electron chi connectivity index (χ1n) is 6.46. The van der Waals surface area contributed by atoms with Crippen LogP contribution in [0, 0.1) is 5.92 Å². The van der Waals surface area contributed by atoms with Crippen LogP contribution in [0.3, 0.4) is 0 Å². The van der Waals surface area contributed by atoms with E-state index >= 15 is 0 Å². The summed E-state index contributed by atoms with van der Waals surface area (Å²) in [7, 11) is 0. The molecule has 3 N–H and O–H groups in total. The van der Waals surface area contributed by atoms with Crippen LogP contribution in [0.1, 0.15) is 20.3 Å². The number of anilines is 1. The third-order valence-corrected chi connectivity index (χ3v) is 3.10. The van der Waals surface area contributed by atoms with E-state index in [-0.39, 0.29) is 16.9 Å². The van der Waals surface area contributed by atoms with Gasteiger partial charge in [0.05, 0.1) is 17.1 Å². The van der Waals surface area contributed by atoms with Crippen molar-refractivity contribution in [2.24, 2.45) is 11.7 Å². The van der Waals surface area contributed by atoms with E-state index in [1.54, 1.807) is 0 Å². The van der Waals surface area contributed by atoms with Crippen LogP contribution in [0.2, 0.25) is 5.15 Å². The molecule has 0 aliphatic carbocycles. The van der Waals surface area contributed by atoms with Gasteiger partial charge in [-0.05, 0) is 24.5 Å². The number of para-hydroxylation sites is 2. The Morgan fingerprint density at radius 3 is 2.50 bits per heavy atom. The number of nitrogens with one attached hydrogen (secondary N) is 1. The molecule has 1 atom stereocenters. The van der Waals surface area contributed by atoms with E-state index < -0.39 is 6.04 Å². The van der Waals surface area contributed by atoms with Crippen LogP contribution in [0.5, 0.6) is 0 Å². The standard InChI is InChI=1S/C14H17ClN4O/c1-8(2)7-9(16)14(20)19-13-12(15)17-10-5-3-4-6-11(10)18-13/h3-6,8-9H,7,16H2,1-2H3,(H,18,19,20). The number of nitrogens with zero attached hydrogens (tertiary/aromatic N) is 2. The number of fused-ring (bicyclic) bond motifs is 1. The predicted octanol–water partition coefficient (Wildman–Crippen LogP) is 2.60. The lowest BCUT2D eigenvalue weighted by atomic mass is 10.0. The number of amides is 1. The molecular formula is C14H17ClN4O. The number of aromatic nitrogens is 2. The van der Waals surface area contributed by atoms with Crippen molar-refractivity contribution in [3.05, 3.63) is 29.4 Å². The summed E-state index contributed by atoms with van der Waals surface area (Å²) in [5.74, 6) is 0.286. The summed E-state index contributed by atoms with van der Waals surface area (Å²) in [5, 5.41) is 2.80. The molecular weight excluding hydrogens is 276 g/mol. The molecule has 1 unspecified atom stereocenters. The molecule has 1 amide bonds.